The molecule has 1 N–H and O–H groups in total. The molecule has 0 atom stereocenters. The van der Waals surface area contributed by atoms with Crippen molar-refractivity contribution >= 4 is 0 Å². The number of rotatable bonds is 5. The lowest BCUT2D eigenvalue weighted by Gasteiger charge is -2.10. The van der Waals surface area contributed by atoms with Crippen molar-refractivity contribution in [3.8, 4) is 22.6 Å². The molecule has 0 saturated carbocycles. The minimum absolute atomic E-state index is 0.721. The fourth-order valence-corrected chi connectivity index (χ4v) is 1.96. The van der Waals surface area contributed by atoms with E-state index in [1.54, 1.807) is 14.2 Å². The molecule has 1 heterocycles. The first-order valence-corrected chi connectivity index (χ1v) is 6.09. The van der Waals surface area contributed by atoms with E-state index in [1.165, 1.54) is 0 Å². The standard InChI is InChI=1S/C15H18N2O2/c1-16-8-11-6-13(10-17-9-11)12-4-5-14(18-2)15(7-12)19-3/h4-7,9-10,16H,8H2,1-3H3. The van der Waals surface area contributed by atoms with E-state index in [4.69, 9.17) is 9.47 Å². The van der Waals surface area contributed by atoms with Crippen molar-refractivity contribution in [2.75, 3.05) is 21.3 Å². The largest absolute Gasteiger partial charge is 0.493 e. The zero-order chi connectivity index (χ0) is 13.7. The number of nitrogens with one attached hydrogen (secondary N) is 1. The molecule has 0 aliphatic heterocycles. The molecule has 2 aromatic rings. The highest BCUT2D eigenvalue weighted by molar-refractivity contribution is 5.67. The number of ether oxygens (including phenoxy) is 2. The fraction of sp³-hybridized carbons (Fsp3) is 0.267. The first-order valence-electron chi connectivity index (χ1n) is 6.09. The summed E-state index contributed by atoms with van der Waals surface area (Å²) in [4.78, 5) is 4.27. The normalized spacial score (nSPS) is 10.3. The summed E-state index contributed by atoms with van der Waals surface area (Å²) in [5.41, 5.74) is 3.27. The Morgan fingerprint density at radius 2 is 1.79 bits per heavy atom. The zero-order valence-corrected chi connectivity index (χ0v) is 11.4. The van der Waals surface area contributed by atoms with Crippen molar-refractivity contribution in [2.24, 2.45) is 0 Å². The Hall–Kier alpha value is -2.07. The van der Waals surface area contributed by atoms with Gasteiger partial charge in [0, 0.05) is 24.5 Å². The van der Waals surface area contributed by atoms with Gasteiger partial charge in [0.15, 0.2) is 11.5 Å². The molecular formula is C15H18N2O2. The maximum Gasteiger partial charge on any atom is 0.161 e. The summed E-state index contributed by atoms with van der Waals surface area (Å²) in [6.45, 7) is 0.800. The van der Waals surface area contributed by atoms with Crippen LogP contribution in [-0.4, -0.2) is 26.3 Å². The lowest BCUT2D eigenvalue weighted by molar-refractivity contribution is 0.355. The van der Waals surface area contributed by atoms with Crippen molar-refractivity contribution in [1.29, 1.82) is 0 Å². The molecule has 0 aliphatic carbocycles. The molecule has 0 aliphatic rings. The van der Waals surface area contributed by atoms with Crippen molar-refractivity contribution in [1.82, 2.24) is 10.3 Å². The van der Waals surface area contributed by atoms with Gasteiger partial charge in [-0.25, -0.2) is 0 Å². The van der Waals surface area contributed by atoms with Crippen LogP contribution < -0.4 is 14.8 Å². The van der Waals surface area contributed by atoms with Gasteiger partial charge in [0.05, 0.1) is 14.2 Å². The molecule has 100 valence electrons. The van der Waals surface area contributed by atoms with Crippen molar-refractivity contribution in [3.63, 3.8) is 0 Å². The van der Waals surface area contributed by atoms with Crippen molar-refractivity contribution < 1.29 is 9.47 Å². The summed E-state index contributed by atoms with van der Waals surface area (Å²) in [7, 11) is 5.19. The number of methoxy groups -OCH3 is 2. The first-order chi connectivity index (χ1) is 9.28. The fourth-order valence-electron chi connectivity index (χ4n) is 1.96. The van der Waals surface area contributed by atoms with E-state index in [0.717, 1.165) is 34.7 Å². The van der Waals surface area contributed by atoms with Crippen LogP contribution in [0.1, 0.15) is 5.56 Å². The van der Waals surface area contributed by atoms with Crippen LogP contribution in [0.15, 0.2) is 36.7 Å². The van der Waals surface area contributed by atoms with E-state index in [2.05, 4.69) is 16.4 Å². The maximum atomic E-state index is 5.32. The molecular weight excluding hydrogens is 240 g/mol. The van der Waals surface area contributed by atoms with Gasteiger partial charge in [-0.2, -0.15) is 0 Å². The topological polar surface area (TPSA) is 43.4 Å². The third kappa shape index (κ3) is 3.03. The smallest absolute Gasteiger partial charge is 0.161 e. The van der Waals surface area contributed by atoms with Crippen LogP contribution in [0.5, 0.6) is 11.5 Å². The monoisotopic (exact) mass is 258 g/mol. The lowest BCUT2D eigenvalue weighted by atomic mass is 10.1. The molecule has 0 spiro atoms. The predicted molar refractivity (Wildman–Crippen MR) is 75.5 cm³/mol. The summed E-state index contributed by atoms with van der Waals surface area (Å²) in [5, 5.41) is 3.12. The Bertz CT molecular complexity index is 556. The molecule has 4 nitrogen and oxygen atoms in total. The maximum absolute atomic E-state index is 5.32. The van der Waals surface area contributed by atoms with Gasteiger partial charge in [0.2, 0.25) is 0 Å². The lowest BCUT2D eigenvalue weighted by Crippen LogP contribution is -2.05. The van der Waals surface area contributed by atoms with Crippen LogP contribution in [-0.2, 0) is 6.54 Å². The number of hydrogen-bond acceptors (Lipinski definition) is 4. The highest BCUT2D eigenvalue weighted by Gasteiger charge is 2.06. The summed E-state index contributed by atoms with van der Waals surface area (Å²) >= 11 is 0. The van der Waals surface area contributed by atoms with Gasteiger partial charge in [-0.05, 0) is 36.4 Å². The minimum Gasteiger partial charge on any atom is -0.493 e. The average Bonchev–Trinajstić information content (AvgIpc) is 2.47. The molecule has 0 fully saturated rings. The molecule has 1 aromatic heterocycles. The third-order valence-electron chi connectivity index (χ3n) is 2.89. The molecule has 0 unspecified atom stereocenters. The van der Waals surface area contributed by atoms with E-state index in [0.29, 0.717) is 0 Å². The number of hydrogen-bond donors (Lipinski definition) is 1. The zero-order valence-electron chi connectivity index (χ0n) is 11.4. The SMILES string of the molecule is CNCc1cncc(-c2ccc(OC)c(OC)c2)c1. The van der Waals surface area contributed by atoms with Crippen molar-refractivity contribution in [3.05, 3.63) is 42.2 Å². The van der Waals surface area contributed by atoms with Crippen LogP contribution >= 0.6 is 0 Å². The Balaban J connectivity index is 2.38. The van der Waals surface area contributed by atoms with Crippen LogP contribution in [0, 0.1) is 0 Å². The van der Waals surface area contributed by atoms with Crippen LogP contribution in [0.4, 0.5) is 0 Å². The van der Waals surface area contributed by atoms with Crippen LogP contribution in [0.25, 0.3) is 11.1 Å². The number of aromatic nitrogens is 1. The Morgan fingerprint density at radius 1 is 1.00 bits per heavy atom. The molecule has 0 bridgehead atoms. The quantitative estimate of drug-likeness (QED) is 0.894. The van der Waals surface area contributed by atoms with E-state index >= 15 is 0 Å². The number of nitrogens with zero attached hydrogens (tertiary/aromatic N) is 1. The summed E-state index contributed by atoms with van der Waals surface area (Å²) in [6.07, 6.45) is 3.71. The number of benzene rings is 1. The van der Waals surface area contributed by atoms with Gasteiger partial charge >= 0.3 is 0 Å². The Labute approximate surface area is 113 Å². The van der Waals surface area contributed by atoms with Gasteiger partial charge < -0.3 is 14.8 Å². The first kappa shape index (κ1) is 13.4. The van der Waals surface area contributed by atoms with Gasteiger partial charge in [-0.1, -0.05) is 6.07 Å². The molecule has 2 rings (SSSR count). The second-order valence-electron chi connectivity index (χ2n) is 4.18. The van der Waals surface area contributed by atoms with Gasteiger partial charge in [-0.3, -0.25) is 4.98 Å². The summed E-state index contributed by atoms with van der Waals surface area (Å²) in [6, 6.07) is 7.98. The van der Waals surface area contributed by atoms with E-state index in [-0.39, 0.29) is 0 Å². The molecule has 4 heteroatoms. The van der Waals surface area contributed by atoms with E-state index in [1.807, 2.05) is 37.6 Å². The predicted octanol–water partition coefficient (Wildman–Crippen LogP) is 2.49. The van der Waals surface area contributed by atoms with Gasteiger partial charge in [0.1, 0.15) is 0 Å². The van der Waals surface area contributed by atoms with Gasteiger partial charge in [0.25, 0.3) is 0 Å². The molecule has 0 radical (unpaired) electrons. The highest BCUT2D eigenvalue weighted by atomic mass is 16.5. The number of pyridine rings is 1. The summed E-state index contributed by atoms with van der Waals surface area (Å²) in [5.74, 6) is 1.45. The van der Waals surface area contributed by atoms with Crippen LogP contribution in [0.3, 0.4) is 0 Å². The molecule has 0 amide bonds. The Morgan fingerprint density at radius 3 is 2.47 bits per heavy atom. The molecule has 1 aromatic carbocycles. The second-order valence-corrected chi connectivity index (χ2v) is 4.18. The average molecular weight is 258 g/mol. The van der Waals surface area contributed by atoms with Crippen molar-refractivity contribution in [2.45, 2.75) is 6.54 Å². The summed E-state index contributed by atoms with van der Waals surface area (Å²) < 4.78 is 10.6. The third-order valence-corrected chi connectivity index (χ3v) is 2.89. The molecule has 19 heavy (non-hydrogen) atoms. The Kier molecular flexibility index (Phi) is 4.36. The van der Waals surface area contributed by atoms with Crippen LogP contribution in [0.2, 0.25) is 0 Å². The van der Waals surface area contributed by atoms with E-state index in [9.17, 15) is 0 Å². The second kappa shape index (κ2) is 6.20. The highest BCUT2D eigenvalue weighted by Crippen LogP contribution is 2.32. The van der Waals surface area contributed by atoms with Gasteiger partial charge in [-0.15, -0.1) is 0 Å². The van der Waals surface area contributed by atoms with E-state index < -0.39 is 0 Å². The molecule has 0 saturated heterocycles. The minimum atomic E-state index is 0.721.